The third-order valence-corrected chi connectivity index (χ3v) is 5.30. The number of nitrogens with zero attached hydrogens (tertiary/aromatic N) is 3. The molecule has 0 spiro atoms. The maximum Gasteiger partial charge on any atom is 0.292 e. The summed E-state index contributed by atoms with van der Waals surface area (Å²) in [5.74, 6) is -0.484. The van der Waals surface area contributed by atoms with Gasteiger partial charge < -0.3 is 9.30 Å². The van der Waals surface area contributed by atoms with Crippen molar-refractivity contribution in [3.8, 4) is 0 Å². The standard InChI is InChI=1S/C21H23N5O3/c1-13-10-15(14(2)26(13)12-16-6-5-9-29-16)11-22-24-21(28)19-17-7-3-4-8-18(17)20(27)25-23-19/h3-4,7-8,10-11,16H,5-6,9,12H2,1-2H3,(H,24,28)(H,25,27)/b22-11-/t16-/m1/s1. The molecule has 1 aromatic carbocycles. The second-order valence-corrected chi connectivity index (χ2v) is 7.22. The molecule has 2 aromatic heterocycles. The number of benzene rings is 1. The van der Waals surface area contributed by atoms with Crippen LogP contribution < -0.4 is 11.0 Å². The predicted octanol–water partition coefficient (Wildman–Crippen LogP) is 2.28. The van der Waals surface area contributed by atoms with E-state index in [0.29, 0.717) is 10.8 Å². The second-order valence-electron chi connectivity index (χ2n) is 7.22. The molecule has 0 aliphatic carbocycles. The Hall–Kier alpha value is -3.26. The van der Waals surface area contributed by atoms with Gasteiger partial charge in [0.1, 0.15) is 0 Å². The van der Waals surface area contributed by atoms with Crippen LogP contribution in [-0.2, 0) is 11.3 Å². The Morgan fingerprint density at radius 3 is 2.93 bits per heavy atom. The molecule has 0 bridgehead atoms. The van der Waals surface area contributed by atoms with Crippen LogP contribution in [0.1, 0.15) is 40.3 Å². The van der Waals surface area contributed by atoms with Gasteiger partial charge in [-0.1, -0.05) is 18.2 Å². The summed E-state index contributed by atoms with van der Waals surface area (Å²) in [5.41, 5.74) is 5.42. The number of fused-ring (bicyclic) bond motifs is 1. The number of rotatable bonds is 5. The maximum atomic E-state index is 12.5. The molecule has 150 valence electrons. The van der Waals surface area contributed by atoms with E-state index in [1.165, 1.54) is 0 Å². The van der Waals surface area contributed by atoms with Gasteiger partial charge >= 0.3 is 0 Å². The van der Waals surface area contributed by atoms with E-state index in [1.54, 1.807) is 30.5 Å². The highest BCUT2D eigenvalue weighted by atomic mass is 16.5. The number of ether oxygens (including phenoxy) is 1. The number of hydrogen-bond acceptors (Lipinski definition) is 5. The van der Waals surface area contributed by atoms with Gasteiger partial charge in [-0.3, -0.25) is 9.59 Å². The summed E-state index contributed by atoms with van der Waals surface area (Å²) >= 11 is 0. The minimum Gasteiger partial charge on any atom is -0.376 e. The molecule has 8 heteroatoms. The van der Waals surface area contributed by atoms with Crippen molar-refractivity contribution >= 4 is 22.9 Å². The molecule has 1 aliphatic heterocycles. The lowest BCUT2D eigenvalue weighted by atomic mass is 10.1. The topological polar surface area (TPSA) is 101 Å². The first-order valence-electron chi connectivity index (χ1n) is 9.63. The van der Waals surface area contributed by atoms with Crippen LogP contribution in [0.25, 0.3) is 10.8 Å². The van der Waals surface area contributed by atoms with Gasteiger partial charge in [-0.15, -0.1) is 0 Å². The van der Waals surface area contributed by atoms with Crippen molar-refractivity contribution in [1.82, 2.24) is 20.2 Å². The zero-order valence-corrected chi connectivity index (χ0v) is 16.4. The van der Waals surface area contributed by atoms with Crippen molar-refractivity contribution in [3.05, 3.63) is 63.3 Å². The zero-order chi connectivity index (χ0) is 20.4. The highest BCUT2D eigenvalue weighted by Gasteiger charge is 2.18. The summed E-state index contributed by atoms with van der Waals surface area (Å²) in [6.07, 6.45) is 4.07. The van der Waals surface area contributed by atoms with Gasteiger partial charge in [0.25, 0.3) is 11.5 Å². The van der Waals surface area contributed by atoms with Crippen molar-refractivity contribution in [1.29, 1.82) is 0 Å². The van der Waals surface area contributed by atoms with E-state index in [2.05, 4.69) is 25.3 Å². The summed E-state index contributed by atoms with van der Waals surface area (Å²) in [7, 11) is 0. The highest BCUT2D eigenvalue weighted by molar-refractivity contribution is 6.04. The SMILES string of the molecule is Cc1cc(/C=N\NC(=O)c2n[nH]c(=O)c3ccccc23)c(C)n1C[C@H]1CCCO1. The van der Waals surface area contributed by atoms with Crippen LogP contribution in [0.5, 0.6) is 0 Å². The Labute approximate surface area is 167 Å². The molecule has 0 saturated carbocycles. The largest absolute Gasteiger partial charge is 0.376 e. The average molecular weight is 393 g/mol. The summed E-state index contributed by atoms with van der Waals surface area (Å²) in [5, 5.41) is 11.2. The summed E-state index contributed by atoms with van der Waals surface area (Å²) in [6, 6.07) is 8.87. The highest BCUT2D eigenvalue weighted by Crippen LogP contribution is 2.19. The first-order chi connectivity index (χ1) is 14.0. The van der Waals surface area contributed by atoms with Gasteiger partial charge in [-0.05, 0) is 38.8 Å². The molecule has 0 radical (unpaired) electrons. The zero-order valence-electron chi connectivity index (χ0n) is 16.4. The van der Waals surface area contributed by atoms with E-state index >= 15 is 0 Å². The van der Waals surface area contributed by atoms with Crippen LogP contribution >= 0.6 is 0 Å². The van der Waals surface area contributed by atoms with Crippen molar-refractivity contribution in [2.75, 3.05) is 6.61 Å². The van der Waals surface area contributed by atoms with Gasteiger partial charge in [-0.25, -0.2) is 10.5 Å². The summed E-state index contributed by atoms with van der Waals surface area (Å²) < 4.78 is 7.96. The Morgan fingerprint density at radius 2 is 2.17 bits per heavy atom. The van der Waals surface area contributed by atoms with Crippen LogP contribution in [0.15, 0.2) is 40.2 Å². The van der Waals surface area contributed by atoms with E-state index in [0.717, 1.165) is 42.9 Å². The van der Waals surface area contributed by atoms with E-state index in [4.69, 9.17) is 4.74 Å². The van der Waals surface area contributed by atoms with Crippen LogP contribution in [0.4, 0.5) is 0 Å². The molecule has 1 saturated heterocycles. The molecule has 3 heterocycles. The van der Waals surface area contributed by atoms with E-state index in [1.807, 2.05) is 19.9 Å². The quantitative estimate of drug-likeness (QED) is 0.513. The van der Waals surface area contributed by atoms with Crippen LogP contribution in [0.3, 0.4) is 0 Å². The second kappa shape index (κ2) is 8.00. The maximum absolute atomic E-state index is 12.5. The molecule has 1 amide bonds. The Kier molecular flexibility index (Phi) is 5.26. The monoisotopic (exact) mass is 393 g/mol. The number of aromatic amines is 1. The predicted molar refractivity (Wildman–Crippen MR) is 110 cm³/mol. The number of hydrazone groups is 1. The molecule has 8 nitrogen and oxygen atoms in total. The number of hydrogen-bond donors (Lipinski definition) is 2. The fourth-order valence-corrected chi connectivity index (χ4v) is 3.73. The van der Waals surface area contributed by atoms with E-state index in [-0.39, 0.29) is 17.4 Å². The number of nitrogens with one attached hydrogen (secondary N) is 2. The van der Waals surface area contributed by atoms with Crippen LogP contribution in [0.2, 0.25) is 0 Å². The van der Waals surface area contributed by atoms with Gasteiger partial charge in [0, 0.05) is 35.5 Å². The first kappa shape index (κ1) is 19.1. The molecular weight excluding hydrogens is 370 g/mol. The Bertz CT molecular complexity index is 1140. The number of carbonyl (C=O) groups is 1. The molecule has 2 N–H and O–H groups in total. The lowest BCUT2D eigenvalue weighted by Gasteiger charge is -2.14. The Morgan fingerprint density at radius 1 is 1.38 bits per heavy atom. The van der Waals surface area contributed by atoms with Gasteiger partial charge in [0.2, 0.25) is 0 Å². The van der Waals surface area contributed by atoms with Crippen molar-refractivity contribution in [3.63, 3.8) is 0 Å². The average Bonchev–Trinajstić information content (AvgIpc) is 3.32. The summed E-state index contributed by atoms with van der Waals surface area (Å²) in [4.78, 5) is 24.4. The summed E-state index contributed by atoms with van der Waals surface area (Å²) in [6.45, 7) is 5.74. The van der Waals surface area contributed by atoms with E-state index < -0.39 is 5.91 Å². The van der Waals surface area contributed by atoms with Gasteiger partial charge in [-0.2, -0.15) is 10.2 Å². The van der Waals surface area contributed by atoms with Crippen molar-refractivity contribution in [2.24, 2.45) is 5.10 Å². The Balaban J connectivity index is 1.50. The number of aromatic nitrogens is 3. The van der Waals surface area contributed by atoms with Crippen LogP contribution in [0, 0.1) is 13.8 Å². The third kappa shape index (κ3) is 3.84. The third-order valence-electron chi connectivity index (χ3n) is 5.30. The molecule has 3 aromatic rings. The molecule has 1 aliphatic rings. The van der Waals surface area contributed by atoms with E-state index in [9.17, 15) is 9.59 Å². The fraction of sp³-hybridized carbons (Fsp3) is 0.333. The molecule has 29 heavy (non-hydrogen) atoms. The van der Waals surface area contributed by atoms with Crippen molar-refractivity contribution < 1.29 is 9.53 Å². The lowest BCUT2D eigenvalue weighted by molar-refractivity contribution is 0.0950. The fourth-order valence-electron chi connectivity index (χ4n) is 3.73. The number of H-pyrrole nitrogens is 1. The van der Waals surface area contributed by atoms with Gasteiger partial charge in [0.15, 0.2) is 5.69 Å². The molecule has 4 rings (SSSR count). The normalized spacial score (nSPS) is 16.7. The smallest absolute Gasteiger partial charge is 0.292 e. The molecular formula is C21H23N5O3. The molecule has 1 fully saturated rings. The molecule has 0 unspecified atom stereocenters. The minimum absolute atomic E-state index is 0.126. The van der Waals surface area contributed by atoms with Crippen molar-refractivity contribution in [2.45, 2.75) is 39.3 Å². The molecule has 1 atom stereocenters. The number of amides is 1. The van der Waals surface area contributed by atoms with Crippen LogP contribution in [-0.4, -0.2) is 39.6 Å². The number of aryl methyl sites for hydroxylation is 1. The van der Waals surface area contributed by atoms with Gasteiger partial charge in [0.05, 0.1) is 17.7 Å². The number of carbonyl (C=O) groups excluding carboxylic acids is 1. The minimum atomic E-state index is -0.484. The first-order valence-corrected chi connectivity index (χ1v) is 9.63. The lowest BCUT2D eigenvalue weighted by Crippen LogP contribution is -2.22.